The highest BCUT2D eigenvalue weighted by atomic mass is 16.6. The van der Waals surface area contributed by atoms with Crippen LogP contribution in [-0.4, -0.2) is 66.6 Å². The third kappa shape index (κ3) is 5.15. The number of hydrogen-bond donors (Lipinski definition) is 1. The lowest BCUT2D eigenvalue weighted by Gasteiger charge is -2.61. The summed E-state index contributed by atoms with van der Waals surface area (Å²) in [6, 6.07) is 3.90. The Labute approximate surface area is 250 Å². The van der Waals surface area contributed by atoms with E-state index in [4.69, 9.17) is 28.4 Å². The lowest BCUT2D eigenvalue weighted by atomic mass is 9.45. The zero-order valence-electron chi connectivity index (χ0n) is 25.5. The zero-order valence-corrected chi connectivity index (χ0v) is 25.5. The standard InChI is InChI=1S/C32H40O11/c1-16(2)15-39-30(36)24(41-19(5)33)14-25(34)40-18(4)29(35)42-23-10-12-32(37)21-13-20-7-8-22(38-6)27-26(20)31(32,28(23)43-27)11-9-17(21)3/h7-8,10,16-18,21,24,28,37H,9,11-15H2,1-6H3/t17?,18-,21-,24-,28-,31-,32+/m0/s1. The molecule has 1 N–H and O–H groups in total. The average Bonchev–Trinajstić information content (AvgIpc) is 3.30. The van der Waals surface area contributed by atoms with Crippen LogP contribution in [-0.2, 0) is 50.0 Å². The number of ether oxygens (including phenoxy) is 6. The molecule has 0 saturated heterocycles. The predicted molar refractivity (Wildman–Crippen MR) is 150 cm³/mol. The molecule has 43 heavy (non-hydrogen) atoms. The molecule has 1 saturated carbocycles. The number of carbonyl (C=O) groups is 4. The van der Waals surface area contributed by atoms with Gasteiger partial charge >= 0.3 is 23.9 Å². The minimum absolute atomic E-state index is 0.00460. The van der Waals surface area contributed by atoms with Gasteiger partial charge in [0.05, 0.1) is 31.2 Å². The van der Waals surface area contributed by atoms with Gasteiger partial charge in [-0.25, -0.2) is 9.59 Å². The van der Waals surface area contributed by atoms with E-state index in [1.807, 2.05) is 26.0 Å². The summed E-state index contributed by atoms with van der Waals surface area (Å²) in [6.07, 6.45) is -0.0505. The highest BCUT2D eigenvalue weighted by Crippen LogP contribution is 2.68. The first-order valence-electron chi connectivity index (χ1n) is 14.9. The molecule has 1 heterocycles. The Hall–Kier alpha value is -3.60. The Morgan fingerprint density at radius 2 is 1.86 bits per heavy atom. The fourth-order valence-corrected chi connectivity index (χ4v) is 7.32. The minimum Gasteiger partial charge on any atom is -0.493 e. The number of aliphatic hydroxyl groups is 1. The molecule has 1 aromatic carbocycles. The third-order valence-corrected chi connectivity index (χ3v) is 9.28. The summed E-state index contributed by atoms with van der Waals surface area (Å²) in [4.78, 5) is 49.8. The normalized spacial score (nSPS) is 29.3. The van der Waals surface area contributed by atoms with Crippen molar-refractivity contribution in [2.45, 2.75) is 96.1 Å². The number of rotatable bonds is 10. The number of carbonyl (C=O) groups excluding carboxylic acids is 4. The van der Waals surface area contributed by atoms with Gasteiger partial charge in [-0.1, -0.05) is 26.8 Å². The van der Waals surface area contributed by atoms with Gasteiger partial charge < -0.3 is 33.5 Å². The number of esters is 4. The quantitative estimate of drug-likeness (QED) is 0.312. The van der Waals surface area contributed by atoms with Crippen LogP contribution in [0.25, 0.3) is 0 Å². The van der Waals surface area contributed by atoms with E-state index >= 15 is 0 Å². The molecule has 2 bridgehead atoms. The van der Waals surface area contributed by atoms with E-state index in [-0.39, 0.29) is 30.6 Å². The van der Waals surface area contributed by atoms with Crippen molar-refractivity contribution in [3.8, 4) is 11.5 Å². The average molecular weight is 601 g/mol. The van der Waals surface area contributed by atoms with E-state index in [9.17, 15) is 24.3 Å². The van der Waals surface area contributed by atoms with Crippen LogP contribution in [0.15, 0.2) is 24.0 Å². The van der Waals surface area contributed by atoms with Crippen molar-refractivity contribution in [3.63, 3.8) is 0 Å². The second kappa shape index (κ2) is 11.5. The monoisotopic (exact) mass is 600 g/mol. The molecule has 0 aromatic heterocycles. The van der Waals surface area contributed by atoms with E-state index in [1.165, 1.54) is 6.92 Å². The van der Waals surface area contributed by atoms with Crippen molar-refractivity contribution in [2.75, 3.05) is 13.7 Å². The van der Waals surface area contributed by atoms with Crippen LogP contribution in [0.4, 0.5) is 0 Å². The number of hydrogen-bond acceptors (Lipinski definition) is 11. The predicted octanol–water partition coefficient (Wildman–Crippen LogP) is 3.31. The summed E-state index contributed by atoms with van der Waals surface area (Å²) >= 11 is 0. The smallest absolute Gasteiger partial charge is 0.352 e. The van der Waals surface area contributed by atoms with Crippen LogP contribution in [0.1, 0.15) is 71.4 Å². The second-order valence-electron chi connectivity index (χ2n) is 12.5. The lowest BCUT2D eigenvalue weighted by molar-refractivity contribution is -0.179. The van der Waals surface area contributed by atoms with Gasteiger partial charge in [0.25, 0.3) is 0 Å². The molecular formula is C32H40O11. The van der Waals surface area contributed by atoms with Crippen LogP contribution in [0.5, 0.6) is 11.5 Å². The maximum absolute atomic E-state index is 13.2. The number of methoxy groups -OCH3 is 1. The topological polar surface area (TPSA) is 144 Å². The maximum Gasteiger partial charge on any atom is 0.352 e. The largest absolute Gasteiger partial charge is 0.493 e. The lowest BCUT2D eigenvalue weighted by Crippen LogP contribution is -2.69. The van der Waals surface area contributed by atoms with Crippen molar-refractivity contribution < 1.29 is 52.7 Å². The van der Waals surface area contributed by atoms with Gasteiger partial charge in [-0.05, 0) is 68.1 Å². The van der Waals surface area contributed by atoms with Gasteiger partial charge in [-0.3, -0.25) is 9.59 Å². The molecule has 3 aliphatic carbocycles. The molecule has 4 aliphatic rings. The van der Waals surface area contributed by atoms with Crippen LogP contribution in [0, 0.1) is 17.8 Å². The van der Waals surface area contributed by atoms with Crippen molar-refractivity contribution in [1.29, 1.82) is 0 Å². The summed E-state index contributed by atoms with van der Waals surface area (Å²) < 4.78 is 33.3. The van der Waals surface area contributed by atoms with Gasteiger partial charge in [0, 0.05) is 12.5 Å². The molecule has 1 aliphatic heterocycles. The van der Waals surface area contributed by atoms with Gasteiger partial charge in [0.1, 0.15) is 5.76 Å². The Morgan fingerprint density at radius 3 is 2.53 bits per heavy atom. The first kappa shape index (κ1) is 30.8. The molecule has 1 unspecified atom stereocenters. The van der Waals surface area contributed by atoms with Crippen molar-refractivity contribution in [2.24, 2.45) is 17.8 Å². The van der Waals surface area contributed by atoms with Gasteiger partial charge in [0.2, 0.25) is 6.10 Å². The summed E-state index contributed by atoms with van der Waals surface area (Å²) in [5.74, 6) is -1.76. The van der Waals surface area contributed by atoms with E-state index < -0.39 is 59.6 Å². The van der Waals surface area contributed by atoms with E-state index in [1.54, 1.807) is 13.2 Å². The Kier molecular flexibility index (Phi) is 8.24. The Balaban J connectivity index is 1.32. The molecule has 0 amide bonds. The maximum atomic E-state index is 13.2. The summed E-state index contributed by atoms with van der Waals surface area (Å²) in [7, 11) is 1.56. The highest BCUT2D eigenvalue weighted by Gasteiger charge is 2.72. The molecule has 11 heteroatoms. The van der Waals surface area contributed by atoms with Crippen LogP contribution in [0.3, 0.4) is 0 Å². The zero-order chi connectivity index (χ0) is 31.3. The Morgan fingerprint density at radius 1 is 1.12 bits per heavy atom. The van der Waals surface area contributed by atoms with E-state index in [2.05, 4.69) is 6.92 Å². The highest BCUT2D eigenvalue weighted by molar-refractivity contribution is 5.85. The third-order valence-electron chi connectivity index (χ3n) is 9.28. The molecule has 1 fully saturated rings. The minimum atomic E-state index is -1.51. The van der Waals surface area contributed by atoms with Crippen molar-refractivity contribution in [1.82, 2.24) is 0 Å². The van der Waals surface area contributed by atoms with E-state index in [0.29, 0.717) is 23.8 Å². The summed E-state index contributed by atoms with van der Waals surface area (Å²) in [5, 5.41) is 12.3. The molecule has 1 spiro atoms. The molecular weight excluding hydrogens is 560 g/mol. The molecule has 5 rings (SSSR count). The first-order valence-corrected chi connectivity index (χ1v) is 14.9. The van der Waals surface area contributed by atoms with Gasteiger partial charge in [0.15, 0.2) is 23.7 Å². The fraction of sp³-hybridized carbons (Fsp3) is 0.625. The molecule has 11 nitrogen and oxygen atoms in total. The van der Waals surface area contributed by atoms with E-state index in [0.717, 1.165) is 30.9 Å². The SMILES string of the molecule is COc1ccc2c3c1O[C@H]1C(OC(=O)[C@H](C)OC(=O)C[C@H](OC(C)=O)C(=O)OCC(C)C)=CC[C@@]4(O)[C@@H](C2)C(C)CC[C@]314. The molecule has 234 valence electrons. The number of benzene rings is 1. The van der Waals surface area contributed by atoms with Gasteiger partial charge in [-0.2, -0.15) is 0 Å². The van der Waals surface area contributed by atoms with Crippen LogP contribution < -0.4 is 9.47 Å². The molecule has 7 atom stereocenters. The summed E-state index contributed by atoms with van der Waals surface area (Å²) in [6.45, 7) is 8.38. The Bertz CT molecular complexity index is 1350. The fourth-order valence-electron chi connectivity index (χ4n) is 7.32. The summed E-state index contributed by atoms with van der Waals surface area (Å²) in [5.41, 5.74) is 0.108. The van der Waals surface area contributed by atoms with Crippen molar-refractivity contribution >= 4 is 23.9 Å². The second-order valence-corrected chi connectivity index (χ2v) is 12.5. The molecule has 0 radical (unpaired) electrons. The molecule has 1 aromatic rings. The van der Waals surface area contributed by atoms with Crippen LogP contribution >= 0.6 is 0 Å². The van der Waals surface area contributed by atoms with Crippen LogP contribution in [0.2, 0.25) is 0 Å². The van der Waals surface area contributed by atoms with Gasteiger partial charge in [-0.15, -0.1) is 0 Å². The van der Waals surface area contributed by atoms with Crippen molar-refractivity contribution in [3.05, 3.63) is 35.1 Å². The first-order chi connectivity index (χ1) is 20.3.